The van der Waals surface area contributed by atoms with Crippen LogP contribution in [0.5, 0.6) is 0 Å². The Labute approximate surface area is 255 Å². The molecule has 42 heavy (non-hydrogen) atoms. The highest BCUT2D eigenvalue weighted by Crippen LogP contribution is 2.40. The predicted molar refractivity (Wildman–Crippen MR) is 174 cm³/mol. The number of carbonyl (C=O) groups excluding carboxylic acids is 1. The zero-order chi connectivity index (χ0) is 31.0. The van der Waals surface area contributed by atoms with Gasteiger partial charge in [-0.05, 0) is 54.3 Å². The number of hydroxylamine groups is 2. The number of hydrogen-bond donors (Lipinski definition) is 1. The first kappa shape index (κ1) is 34.0. The summed E-state index contributed by atoms with van der Waals surface area (Å²) in [5, 5.41) is 4.50. The van der Waals surface area contributed by atoms with Gasteiger partial charge in [0, 0.05) is 0 Å². The van der Waals surface area contributed by atoms with E-state index < -0.39 is 29.0 Å². The van der Waals surface area contributed by atoms with Gasteiger partial charge in [-0.2, -0.15) is 5.06 Å². The lowest BCUT2D eigenvalue weighted by Gasteiger charge is -2.49. The van der Waals surface area contributed by atoms with E-state index in [1.807, 2.05) is 67.6 Å². The second-order valence-electron chi connectivity index (χ2n) is 12.6. The number of rotatable bonds is 12. The van der Waals surface area contributed by atoms with Crippen LogP contribution in [0.15, 0.2) is 65.7 Å². The Hall–Kier alpha value is -2.51. The average Bonchev–Trinajstić information content (AvgIpc) is 2.97. The third-order valence-electron chi connectivity index (χ3n) is 8.70. The van der Waals surface area contributed by atoms with Gasteiger partial charge in [-0.1, -0.05) is 102 Å². The van der Waals surface area contributed by atoms with E-state index in [2.05, 4.69) is 60.0 Å². The van der Waals surface area contributed by atoms with Gasteiger partial charge in [-0.15, -0.1) is 0 Å². The molecule has 232 valence electrons. The summed E-state index contributed by atoms with van der Waals surface area (Å²) in [5.41, 5.74) is 1.89. The van der Waals surface area contributed by atoms with Gasteiger partial charge in [0.25, 0.3) is 0 Å². The molecule has 8 nitrogen and oxygen atoms in total. The summed E-state index contributed by atoms with van der Waals surface area (Å²) < 4.78 is 19.8. The van der Waals surface area contributed by atoms with Crippen molar-refractivity contribution in [3.8, 4) is 0 Å². The lowest BCUT2D eigenvalue weighted by molar-refractivity contribution is -0.224. The molecule has 1 aliphatic heterocycles. The topological polar surface area (TPSA) is 81.6 Å². The fourth-order valence-corrected chi connectivity index (χ4v) is 8.74. The van der Waals surface area contributed by atoms with Crippen LogP contribution in [0.25, 0.3) is 0 Å². The van der Waals surface area contributed by atoms with Crippen LogP contribution in [0, 0.1) is 0 Å². The maximum atomic E-state index is 13.1. The van der Waals surface area contributed by atoms with Crippen molar-refractivity contribution in [2.45, 2.75) is 116 Å². The van der Waals surface area contributed by atoms with Crippen LogP contribution < -0.4 is 5.32 Å². The summed E-state index contributed by atoms with van der Waals surface area (Å²) in [6, 6.07) is 22.1. The first-order chi connectivity index (χ1) is 19.8. The number of aliphatic imine (C=N–C) groups is 1. The highest BCUT2D eigenvalue weighted by atomic mass is 28.4. The molecule has 1 N–H and O–H groups in total. The second kappa shape index (κ2) is 14.8. The molecule has 0 radical (unpaired) electrons. The van der Waals surface area contributed by atoms with Crippen molar-refractivity contribution >= 4 is 28.7 Å². The standard InChI is InChI=1S/C32H51N3O5Si2/c1-10-42(11-2,12-3)40-29-28(39-41(8,9)32(5,6)7)25(4)33-30(35(29)38-24-27-21-17-14-18-22-27)34-31(36)37-23-26-19-15-13-16-20-26/h13-22,25,28-29H,10-12,23-24H2,1-9H3,(H,33,34,36)/t25-,28+,29-/m1/s1. The van der Waals surface area contributed by atoms with E-state index in [1.165, 1.54) is 0 Å². The monoisotopic (exact) mass is 613 g/mol. The summed E-state index contributed by atoms with van der Waals surface area (Å²) >= 11 is 0. The molecule has 1 heterocycles. The maximum Gasteiger partial charge on any atom is 0.414 e. The summed E-state index contributed by atoms with van der Waals surface area (Å²) in [4.78, 5) is 24.5. The van der Waals surface area contributed by atoms with Gasteiger partial charge in [-0.25, -0.2) is 9.79 Å². The second-order valence-corrected chi connectivity index (χ2v) is 22.0. The van der Waals surface area contributed by atoms with Crippen LogP contribution >= 0.6 is 0 Å². The number of carbonyl (C=O) groups is 1. The predicted octanol–water partition coefficient (Wildman–Crippen LogP) is 7.84. The van der Waals surface area contributed by atoms with Gasteiger partial charge < -0.3 is 13.6 Å². The lowest BCUT2D eigenvalue weighted by atomic mass is 10.1. The Morgan fingerprint density at radius 3 is 1.90 bits per heavy atom. The molecule has 0 aromatic heterocycles. The molecule has 0 saturated carbocycles. The summed E-state index contributed by atoms with van der Waals surface area (Å²) in [7, 11) is -4.39. The van der Waals surface area contributed by atoms with E-state index in [4.69, 9.17) is 23.4 Å². The number of guanidine groups is 1. The highest BCUT2D eigenvalue weighted by Gasteiger charge is 2.49. The molecule has 0 saturated heterocycles. The molecule has 1 aliphatic rings. The van der Waals surface area contributed by atoms with Gasteiger partial charge in [0.15, 0.2) is 22.9 Å². The SMILES string of the molecule is CC[Si](CC)(CC)O[C@@H]1[C@@H](O[Si](C)(C)C(C)(C)C)[C@@H](C)N=C(NC(=O)OCc2ccccc2)N1OCc1ccccc1. The first-order valence-corrected chi connectivity index (χ1v) is 20.7. The zero-order valence-corrected chi connectivity index (χ0v) is 29.0. The van der Waals surface area contributed by atoms with Crippen molar-refractivity contribution < 1.29 is 23.2 Å². The molecule has 0 spiro atoms. The molecule has 0 fully saturated rings. The minimum Gasteiger partial charge on any atom is -0.444 e. The van der Waals surface area contributed by atoms with Crippen LogP contribution in [-0.2, 0) is 31.6 Å². The van der Waals surface area contributed by atoms with E-state index in [0.29, 0.717) is 0 Å². The number of ether oxygens (including phenoxy) is 1. The molecule has 0 bridgehead atoms. The highest BCUT2D eigenvalue weighted by molar-refractivity contribution is 6.74. The number of alkyl carbamates (subject to hydrolysis) is 1. The largest absolute Gasteiger partial charge is 0.444 e. The van der Waals surface area contributed by atoms with Crippen molar-refractivity contribution in [3.63, 3.8) is 0 Å². The normalized spacial score (nSPS) is 19.8. The van der Waals surface area contributed by atoms with E-state index in [1.54, 1.807) is 5.06 Å². The van der Waals surface area contributed by atoms with Crippen LogP contribution in [-0.4, -0.2) is 52.1 Å². The summed E-state index contributed by atoms with van der Waals surface area (Å²) in [6.45, 7) is 20.2. The molecule has 3 rings (SSSR count). The number of hydrogen-bond acceptors (Lipinski definition) is 7. The summed E-state index contributed by atoms with van der Waals surface area (Å²) in [6.07, 6.45) is -1.58. The third kappa shape index (κ3) is 8.76. The van der Waals surface area contributed by atoms with Crippen LogP contribution in [0.3, 0.4) is 0 Å². The maximum absolute atomic E-state index is 13.1. The molecule has 0 aliphatic carbocycles. The number of nitrogens with zero attached hydrogens (tertiary/aromatic N) is 2. The van der Waals surface area contributed by atoms with Crippen LogP contribution in [0.4, 0.5) is 4.79 Å². The Morgan fingerprint density at radius 2 is 1.40 bits per heavy atom. The summed E-state index contributed by atoms with van der Waals surface area (Å²) in [5.74, 6) is 0.266. The van der Waals surface area contributed by atoms with Gasteiger partial charge >= 0.3 is 6.09 Å². The van der Waals surface area contributed by atoms with E-state index in [0.717, 1.165) is 29.3 Å². The van der Waals surface area contributed by atoms with E-state index >= 15 is 0 Å². The number of nitrogens with one attached hydrogen (secondary N) is 1. The Kier molecular flexibility index (Phi) is 12.0. The fourth-order valence-electron chi connectivity index (χ4n) is 4.65. The van der Waals surface area contributed by atoms with Crippen molar-refractivity contribution in [1.82, 2.24) is 10.4 Å². The van der Waals surface area contributed by atoms with Gasteiger partial charge in [0.2, 0.25) is 5.96 Å². The molecular weight excluding hydrogens is 563 g/mol. The van der Waals surface area contributed by atoms with E-state index in [-0.39, 0.29) is 36.4 Å². The molecule has 2 aromatic carbocycles. The Bertz CT molecular complexity index is 1150. The minimum atomic E-state index is -2.23. The van der Waals surface area contributed by atoms with Gasteiger partial charge in [0.1, 0.15) is 19.3 Å². The molecule has 2 aromatic rings. The first-order valence-electron chi connectivity index (χ1n) is 15.2. The Morgan fingerprint density at radius 1 is 0.881 bits per heavy atom. The van der Waals surface area contributed by atoms with Crippen LogP contribution in [0.1, 0.15) is 59.6 Å². The molecule has 10 heteroatoms. The smallest absolute Gasteiger partial charge is 0.414 e. The van der Waals surface area contributed by atoms with Gasteiger partial charge in [-0.3, -0.25) is 10.2 Å². The zero-order valence-electron chi connectivity index (χ0n) is 27.0. The van der Waals surface area contributed by atoms with Crippen molar-refractivity contribution in [2.75, 3.05) is 0 Å². The fraction of sp³-hybridized carbons (Fsp3) is 0.562. The minimum absolute atomic E-state index is 0.00866. The number of benzene rings is 2. The van der Waals surface area contributed by atoms with Crippen molar-refractivity contribution in [2.24, 2.45) is 4.99 Å². The molecular formula is C32H51N3O5Si2. The van der Waals surface area contributed by atoms with E-state index in [9.17, 15) is 4.79 Å². The lowest BCUT2D eigenvalue weighted by Crippen LogP contribution is -2.65. The quantitative estimate of drug-likeness (QED) is 0.246. The molecule has 3 atom stereocenters. The third-order valence-corrected chi connectivity index (χ3v) is 17.8. The van der Waals surface area contributed by atoms with Crippen LogP contribution in [0.2, 0.25) is 36.3 Å². The van der Waals surface area contributed by atoms with Gasteiger partial charge in [0.05, 0.1) is 6.04 Å². The molecule has 0 unspecified atom stereocenters. The van der Waals surface area contributed by atoms with Crippen molar-refractivity contribution in [3.05, 3.63) is 71.8 Å². The Balaban J connectivity index is 1.99. The van der Waals surface area contributed by atoms with Crippen molar-refractivity contribution in [1.29, 1.82) is 0 Å². The molecule has 1 amide bonds. The average molecular weight is 614 g/mol. The number of amides is 1.